The first-order chi connectivity index (χ1) is 28.2. The van der Waals surface area contributed by atoms with E-state index < -0.39 is 6.10 Å². The van der Waals surface area contributed by atoms with Crippen molar-refractivity contribution >= 4 is 12.2 Å². The van der Waals surface area contributed by atoms with Crippen LogP contribution in [0.15, 0.2) is 72.8 Å². The van der Waals surface area contributed by atoms with E-state index in [2.05, 4.69) is 196 Å². The first kappa shape index (κ1) is 45.7. The lowest BCUT2D eigenvalue weighted by molar-refractivity contribution is 0.0617. The lowest BCUT2D eigenvalue weighted by Crippen LogP contribution is -2.25. The summed E-state index contributed by atoms with van der Waals surface area (Å²) < 4.78 is 12.2. The number of rotatable bonds is 10. The molecule has 0 aromatic heterocycles. The standard InChI is InChI=1S/C37H44O3.C20H24/c1-21-11-31(12-22(2)29(21)9)33-15-25(5)36(26(6)16-33)39-19-35(38)20-40-37-27(7)17-34(18-28(37)8)32-13-23(3)30(10)24(4)14-32;1-13-9-19(10-14(2)17(13)5)7-8-20-11-15(3)18(6)16(4)12-20/h11-18,35,38H,19-20H2,1-10H3;7-12H,1-6H3. The molecule has 0 aliphatic heterocycles. The fourth-order valence-corrected chi connectivity index (χ4v) is 8.02. The van der Waals surface area contributed by atoms with Crippen molar-refractivity contribution in [3.8, 4) is 33.8 Å². The van der Waals surface area contributed by atoms with Crippen LogP contribution in [-0.4, -0.2) is 24.4 Å². The minimum absolute atomic E-state index is 0.169. The predicted octanol–water partition coefficient (Wildman–Crippen LogP) is 14.6. The molecule has 3 heteroatoms. The fraction of sp³-hybridized carbons (Fsp3) is 0.333. The van der Waals surface area contributed by atoms with Crippen molar-refractivity contribution in [2.45, 2.75) is 117 Å². The Kier molecular flexibility index (Phi) is 14.7. The second-order valence-corrected chi connectivity index (χ2v) is 17.5. The van der Waals surface area contributed by atoms with Crippen molar-refractivity contribution in [2.24, 2.45) is 0 Å². The summed E-state index contributed by atoms with van der Waals surface area (Å²) in [6.07, 6.45) is 3.67. The number of aliphatic hydroxyl groups excluding tert-OH is 1. The second-order valence-electron chi connectivity index (χ2n) is 17.5. The van der Waals surface area contributed by atoms with Gasteiger partial charge in [-0.3, -0.25) is 0 Å². The minimum Gasteiger partial charge on any atom is -0.490 e. The lowest BCUT2D eigenvalue weighted by atomic mass is 9.94. The van der Waals surface area contributed by atoms with Gasteiger partial charge in [0.15, 0.2) is 0 Å². The van der Waals surface area contributed by atoms with Crippen LogP contribution in [0.1, 0.15) is 100 Å². The van der Waals surface area contributed by atoms with Gasteiger partial charge in [-0.15, -0.1) is 0 Å². The maximum atomic E-state index is 10.7. The molecule has 1 N–H and O–H groups in total. The number of hydrogen-bond donors (Lipinski definition) is 1. The summed E-state index contributed by atoms with van der Waals surface area (Å²) >= 11 is 0. The molecule has 0 amide bonds. The van der Waals surface area contributed by atoms with Gasteiger partial charge in [0.05, 0.1) is 0 Å². The average Bonchev–Trinajstić information content (AvgIpc) is 3.18. The topological polar surface area (TPSA) is 38.7 Å². The van der Waals surface area contributed by atoms with Gasteiger partial charge in [0.25, 0.3) is 0 Å². The first-order valence-corrected chi connectivity index (χ1v) is 21.4. The van der Waals surface area contributed by atoms with E-state index in [4.69, 9.17) is 9.47 Å². The van der Waals surface area contributed by atoms with Crippen LogP contribution >= 0.6 is 0 Å². The summed E-state index contributed by atoms with van der Waals surface area (Å²) in [5.41, 5.74) is 27.7. The van der Waals surface area contributed by atoms with E-state index in [-0.39, 0.29) is 13.2 Å². The lowest BCUT2D eigenvalue weighted by Gasteiger charge is -2.19. The van der Waals surface area contributed by atoms with Crippen LogP contribution in [0.4, 0.5) is 0 Å². The highest BCUT2D eigenvalue weighted by atomic mass is 16.5. The zero-order valence-electron chi connectivity index (χ0n) is 39.3. The molecule has 6 rings (SSSR count). The van der Waals surface area contributed by atoms with E-state index in [0.29, 0.717) is 0 Å². The molecular weight excluding hydrogens is 733 g/mol. The molecule has 0 unspecified atom stereocenters. The van der Waals surface area contributed by atoms with Gasteiger partial charge < -0.3 is 14.6 Å². The molecule has 0 fully saturated rings. The minimum atomic E-state index is -0.748. The van der Waals surface area contributed by atoms with E-state index in [1.165, 1.54) is 100 Å². The quantitative estimate of drug-likeness (QED) is 0.140. The summed E-state index contributed by atoms with van der Waals surface area (Å²) in [6, 6.07) is 26.7. The van der Waals surface area contributed by atoms with Crippen molar-refractivity contribution in [2.75, 3.05) is 13.2 Å². The van der Waals surface area contributed by atoms with E-state index in [0.717, 1.165) is 33.8 Å². The van der Waals surface area contributed by atoms with E-state index in [9.17, 15) is 5.11 Å². The number of aryl methyl sites for hydroxylation is 12. The Bertz CT molecular complexity index is 2250. The van der Waals surface area contributed by atoms with E-state index in [1.54, 1.807) is 0 Å². The highest BCUT2D eigenvalue weighted by Crippen LogP contribution is 2.34. The average molecular weight is 801 g/mol. The zero-order chi connectivity index (χ0) is 44.2. The summed E-state index contributed by atoms with van der Waals surface area (Å²) in [7, 11) is 0. The van der Waals surface area contributed by atoms with Gasteiger partial charge in [-0.1, -0.05) is 60.7 Å². The predicted molar refractivity (Wildman–Crippen MR) is 258 cm³/mol. The molecule has 0 spiro atoms. The molecule has 6 aromatic rings. The molecule has 0 radical (unpaired) electrons. The number of hydrogen-bond acceptors (Lipinski definition) is 3. The molecular formula is C57H68O3. The van der Waals surface area contributed by atoms with Crippen molar-refractivity contribution in [1.29, 1.82) is 0 Å². The summed E-state index contributed by atoms with van der Waals surface area (Å²) in [4.78, 5) is 0. The maximum Gasteiger partial charge on any atom is 0.125 e. The van der Waals surface area contributed by atoms with Crippen molar-refractivity contribution in [3.05, 3.63) is 173 Å². The van der Waals surface area contributed by atoms with Crippen molar-refractivity contribution in [1.82, 2.24) is 0 Å². The van der Waals surface area contributed by atoms with Gasteiger partial charge in [-0.05, 0) is 257 Å². The van der Waals surface area contributed by atoms with Crippen molar-refractivity contribution < 1.29 is 14.6 Å². The molecule has 314 valence electrons. The molecule has 0 aliphatic carbocycles. The summed E-state index contributed by atoms with van der Waals surface area (Å²) in [5, 5.41) is 10.7. The Hall–Kier alpha value is -5.38. The SMILES string of the molecule is Cc1cc(-c2cc(C)c(OCC(O)COc3c(C)cc(-c4cc(C)c(C)c(C)c4)cc3C)c(C)c2)cc(C)c1C.Cc1cc(C=Cc2cc(C)c(C)c(C)c2)cc(C)c1C. The second kappa shape index (κ2) is 19.3. The molecule has 0 saturated carbocycles. The third-order valence-corrected chi connectivity index (χ3v) is 12.6. The molecule has 0 bridgehead atoms. The van der Waals surface area contributed by atoms with Gasteiger partial charge in [0.2, 0.25) is 0 Å². The summed E-state index contributed by atoms with van der Waals surface area (Å²) in [5.74, 6) is 1.65. The highest BCUT2D eigenvalue weighted by molar-refractivity contribution is 5.72. The maximum absolute atomic E-state index is 10.7. The summed E-state index contributed by atoms with van der Waals surface area (Å²) in [6.45, 7) is 34.7. The Morgan fingerprint density at radius 3 is 0.767 bits per heavy atom. The van der Waals surface area contributed by atoms with Crippen LogP contribution in [0.3, 0.4) is 0 Å². The van der Waals surface area contributed by atoms with Crippen LogP contribution in [0.5, 0.6) is 11.5 Å². The van der Waals surface area contributed by atoms with Gasteiger partial charge in [0, 0.05) is 0 Å². The van der Waals surface area contributed by atoms with Gasteiger partial charge in [0.1, 0.15) is 30.8 Å². The number of ether oxygens (including phenoxy) is 2. The zero-order valence-corrected chi connectivity index (χ0v) is 39.3. The van der Waals surface area contributed by atoms with E-state index in [1.807, 2.05) is 0 Å². The molecule has 0 atom stereocenters. The van der Waals surface area contributed by atoms with Crippen LogP contribution in [0, 0.1) is 111 Å². The normalized spacial score (nSPS) is 11.3. The third kappa shape index (κ3) is 10.9. The Morgan fingerprint density at radius 2 is 0.533 bits per heavy atom. The molecule has 0 heterocycles. The smallest absolute Gasteiger partial charge is 0.125 e. The fourth-order valence-electron chi connectivity index (χ4n) is 8.02. The van der Waals surface area contributed by atoms with E-state index >= 15 is 0 Å². The highest BCUT2D eigenvalue weighted by Gasteiger charge is 2.15. The Morgan fingerprint density at radius 1 is 0.333 bits per heavy atom. The van der Waals surface area contributed by atoms with Gasteiger partial charge >= 0.3 is 0 Å². The number of benzene rings is 6. The van der Waals surface area contributed by atoms with Crippen LogP contribution in [0.25, 0.3) is 34.4 Å². The molecule has 6 aromatic carbocycles. The van der Waals surface area contributed by atoms with Crippen LogP contribution in [-0.2, 0) is 0 Å². The molecule has 0 saturated heterocycles. The number of aliphatic hydroxyl groups is 1. The monoisotopic (exact) mass is 801 g/mol. The largest absolute Gasteiger partial charge is 0.490 e. The first-order valence-electron chi connectivity index (χ1n) is 21.4. The molecule has 0 aliphatic rings. The Balaban J connectivity index is 0.000000285. The molecule has 3 nitrogen and oxygen atoms in total. The van der Waals surface area contributed by atoms with Crippen LogP contribution < -0.4 is 9.47 Å². The van der Waals surface area contributed by atoms with Crippen LogP contribution in [0.2, 0.25) is 0 Å². The Labute approximate surface area is 362 Å². The van der Waals surface area contributed by atoms with Crippen molar-refractivity contribution in [3.63, 3.8) is 0 Å². The molecule has 60 heavy (non-hydrogen) atoms. The van der Waals surface area contributed by atoms with Gasteiger partial charge in [-0.2, -0.15) is 0 Å². The third-order valence-electron chi connectivity index (χ3n) is 12.6. The van der Waals surface area contributed by atoms with Gasteiger partial charge in [-0.25, -0.2) is 0 Å².